The first kappa shape index (κ1) is 12.0. The molecule has 1 unspecified atom stereocenters. The molecule has 1 saturated heterocycles. The first-order chi connectivity index (χ1) is 8.00. The second kappa shape index (κ2) is 4.45. The number of anilines is 1. The first-order valence-electron chi connectivity index (χ1n) is 5.25. The summed E-state index contributed by atoms with van der Waals surface area (Å²) in [6, 6.07) is 4.49. The molecule has 0 saturated carbocycles. The smallest absolute Gasteiger partial charge is 0.227 e. The van der Waals surface area contributed by atoms with Crippen molar-refractivity contribution in [1.82, 2.24) is 0 Å². The van der Waals surface area contributed by atoms with Gasteiger partial charge in [0.05, 0.1) is 10.7 Å². The van der Waals surface area contributed by atoms with E-state index in [0.29, 0.717) is 0 Å². The molecule has 1 aromatic rings. The van der Waals surface area contributed by atoms with Crippen molar-refractivity contribution in [1.29, 1.82) is 0 Å². The highest BCUT2D eigenvalue weighted by atomic mass is 35.5. The fourth-order valence-electron chi connectivity index (χ4n) is 1.91. The van der Waals surface area contributed by atoms with Gasteiger partial charge in [0.1, 0.15) is 5.78 Å². The second-order valence-electron chi connectivity index (χ2n) is 4.09. The molecule has 17 heavy (non-hydrogen) atoms. The zero-order valence-corrected chi connectivity index (χ0v) is 10.00. The van der Waals surface area contributed by atoms with E-state index >= 15 is 0 Å². The van der Waals surface area contributed by atoms with Crippen LogP contribution in [0.25, 0.3) is 0 Å². The van der Waals surface area contributed by atoms with Crippen LogP contribution in [-0.4, -0.2) is 18.2 Å². The lowest BCUT2D eigenvalue weighted by molar-refractivity contribution is -0.123. The summed E-state index contributed by atoms with van der Waals surface area (Å²) in [4.78, 5) is 24.2. The highest BCUT2D eigenvalue weighted by Crippen LogP contribution is 2.30. The van der Waals surface area contributed by atoms with Gasteiger partial charge in [0.15, 0.2) is 5.82 Å². The van der Waals surface area contributed by atoms with E-state index in [4.69, 9.17) is 11.6 Å². The molecule has 2 rings (SSSR count). The van der Waals surface area contributed by atoms with Crippen LogP contribution in [0.2, 0.25) is 5.02 Å². The van der Waals surface area contributed by atoms with Gasteiger partial charge in [-0.2, -0.15) is 0 Å². The minimum atomic E-state index is -0.619. The maximum absolute atomic E-state index is 13.7. The number of Topliss-reactive ketones (excluding diaryl/α,β-unsaturated/α-hetero) is 1. The molecule has 1 atom stereocenters. The number of ketones is 1. The number of nitrogens with zero attached hydrogens (tertiary/aromatic N) is 1. The van der Waals surface area contributed by atoms with Crippen LogP contribution in [0.4, 0.5) is 10.1 Å². The van der Waals surface area contributed by atoms with Crippen LogP contribution < -0.4 is 4.90 Å². The summed E-state index contributed by atoms with van der Waals surface area (Å²) in [5.74, 6) is -1.26. The molecule has 0 aromatic heterocycles. The fourth-order valence-corrected chi connectivity index (χ4v) is 2.08. The Hall–Kier alpha value is -1.42. The van der Waals surface area contributed by atoms with Gasteiger partial charge in [-0.3, -0.25) is 9.59 Å². The van der Waals surface area contributed by atoms with Crippen LogP contribution in [0.15, 0.2) is 18.2 Å². The fraction of sp³-hybridized carbons (Fsp3) is 0.333. The zero-order chi connectivity index (χ0) is 12.6. The monoisotopic (exact) mass is 255 g/mol. The quantitative estimate of drug-likeness (QED) is 0.814. The summed E-state index contributed by atoms with van der Waals surface area (Å²) in [5, 5.41) is -0.0263. The molecule has 1 aliphatic heterocycles. The van der Waals surface area contributed by atoms with Gasteiger partial charge >= 0.3 is 0 Å². The largest absolute Gasteiger partial charge is 0.309 e. The average molecular weight is 256 g/mol. The van der Waals surface area contributed by atoms with E-state index in [1.165, 1.54) is 24.0 Å². The molecule has 90 valence electrons. The van der Waals surface area contributed by atoms with E-state index < -0.39 is 5.82 Å². The maximum atomic E-state index is 13.7. The summed E-state index contributed by atoms with van der Waals surface area (Å²) in [6.45, 7) is 1.67. The molecule has 0 N–H and O–H groups in total. The molecule has 0 radical (unpaired) electrons. The zero-order valence-electron chi connectivity index (χ0n) is 9.24. The van der Waals surface area contributed by atoms with Gasteiger partial charge < -0.3 is 4.90 Å². The molecule has 0 aliphatic carbocycles. The van der Waals surface area contributed by atoms with Gasteiger partial charge in [0.2, 0.25) is 5.91 Å². The minimum Gasteiger partial charge on any atom is -0.309 e. The van der Waals surface area contributed by atoms with Gasteiger partial charge in [-0.1, -0.05) is 17.7 Å². The van der Waals surface area contributed by atoms with Gasteiger partial charge in [-0.05, 0) is 19.1 Å². The Morgan fingerprint density at radius 3 is 2.82 bits per heavy atom. The van der Waals surface area contributed by atoms with Crippen LogP contribution in [0.1, 0.15) is 13.3 Å². The average Bonchev–Trinajstić information content (AvgIpc) is 2.65. The molecule has 3 nitrogen and oxygen atoms in total. The number of hydrogen-bond acceptors (Lipinski definition) is 2. The highest BCUT2D eigenvalue weighted by Gasteiger charge is 2.34. The number of hydrogen-bond donors (Lipinski definition) is 0. The van der Waals surface area contributed by atoms with Crippen molar-refractivity contribution < 1.29 is 14.0 Å². The van der Waals surface area contributed by atoms with Crippen LogP contribution in [0, 0.1) is 11.7 Å². The number of carbonyl (C=O) groups excluding carboxylic acids is 2. The lowest BCUT2D eigenvalue weighted by Gasteiger charge is -2.17. The Morgan fingerprint density at radius 1 is 1.53 bits per heavy atom. The Kier molecular flexibility index (Phi) is 3.15. The van der Waals surface area contributed by atoms with Gasteiger partial charge in [-0.25, -0.2) is 4.39 Å². The molecular weight excluding hydrogens is 245 g/mol. The number of carbonyl (C=O) groups is 2. The first-order valence-corrected chi connectivity index (χ1v) is 5.63. The molecule has 1 amide bonds. The lowest BCUT2D eigenvalue weighted by atomic mass is 10.1. The number of benzene rings is 1. The third kappa shape index (κ3) is 2.17. The normalized spacial score (nSPS) is 19.8. The Balaban J connectivity index is 2.32. The second-order valence-corrected chi connectivity index (χ2v) is 4.50. The van der Waals surface area contributed by atoms with Crippen molar-refractivity contribution in [2.24, 2.45) is 5.92 Å². The molecule has 1 fully saturated rings. The Labute approximate surface area is 103 Å². The SMILES string of the molecule is CC(=O)C1CC(=O)N(c2cccc(Cl)c2F)C1. The Morgan fingerprint density at radius 2 is 2.24 bits per heavy atom. The maximum Gasteiger partial charge on any atom is 0.227 e. The third-order valence-electron chi connectivity index (χ3n) is 2.92. The topological polar surface area (TPSA) is 37.4 Å². The van der Waals surface area contributed by atoms with Gasteiger partial charge in [0.25, 0.3) is 0 Å². The van der Waals surface area contributed by atoms with Gasteiger partial charge in [0, 0.05) is 18.9 Å². The summed E-state index contributed by atoms with van der Waals surface area (Å²) in [7, 11) is 0. The predicted octanol–water partition coefficient (Wildman–Crippen LogP) is 2.42. The summed E-state index contributed by atoms with van der Waals surface area (Å²) in [5.41, 5.74) is 0.145. The van der Waals surface area contributed by atoms with Crippen LogP contribution in [0.5, 0.6) is 0 Å². The number of rotatable bonds is 2. The summed E-state index contributed by atoms with van der Waals surface area (Å²) < 4.78 is 13.7. The number of amides is 1. The van der Waals surface area contributed by atoms with Crippen molar-refractivity contribution in [2.45, 2.75) is 13.3 Å². The Bertz CT molecular complexity index is 489. The highest BCUT2D eigenvalue weighted by molar-refractivity contribution is 6.31. The van der Waals surface area contributed by atoms with Crippen LogP contribution in [0.3, 0.4) is 0 Å². The third-order valence-corrected chi connectivity index (χ3v) is 3.21. The molecule has 5 heteroatoms. The van der Waals surface area contributed by atoms with E-state index in [-0.39, 0.29) is 41.3 Å². The molecule has 1 aliphatic rings. The van der Waals surface area contributed by atoms with Crippen molar-refractivity contribution in [3.8, 4) is 0 Å². The van der Waals surface area contributed by atoms with E-state index in [0.717, 1.165) is 0 Å². The molecule has 0 bridgehead atoms. The van der Waals surface area contributed by atoms with Crippen LogP contribution in [-0.2, 0) is 9.59 Å². The van der Waals surface area contributed by atoms with Crippen LogP contribution >= 0.6 is 11.6 Å². The lowest BCUT2D eigenvalue weighted by Crippen LogP contribution is -2.26. The van der Waals surface area contributed by atoms with E-state index in [9.17, 15) is 14.0 Å². The van der Waals surface area contributed by atoms with Crippen molar-refractivity contribution in [2.75, 3.05) is 11.4 Å². The standard InChI is InChI=1S/C12H11ClFNO2/c1-7(16)8-5-11(17)15(6-8)10-4-2-3-9(13)12(10)14/h2-4,8H,5-6H2,1H3. The molecule has 0 spiro atoms. The van der Waals surface area contributed by atoms with Crippen molar-refractivity contribution in [3.05, 3.63) is 29.0 Å². The van der Waals surface area contributed by atoms with E-state index in [1.54, 1.807) is 6.07 Å². The van der Waals surface area contributed by atoms with Crippen molar-refractivity contribution >= 4 is 29.0 Å². The minimum absolute atomic E-state index is 0.0263. The van der Waals surface area contributed by atoms with Crippen molar-refractivity contribution in [3.63, 3.8) is 0 Å². The predicted molar refractivity (Wildman–Crippen MR) is 62.6 cm³/mol. The summed E-state index contributed by atoms with van der Waals surface area (Å²) >= 11 is 5.66. The molecule has 1 heterocycles. The van der Waals surface area contributed by atoms with E-state index in [1.807, 2.05) is 0 Å². The molecular formula is C12H11ClFNO2. The van der Waals surface area contributed by atoms with Gasteiger partial charge in [-0.15, -0.1) is 0 Å². The number of halogens is 2. The summed E-state index contributed by atoms with van der Waals surface area (Å²) in [6.07, 6.45) is 0.140. The molecule has 1 aromatic carbocycles. The van der Waals surface area contributed by atoms with E-state index in [2.05, 4.69) is 0 Å².